The number of aryl methyl sites for hydroxylation is 2. The molecule has 0 bridgehead atoms. The number of benzene rings is 2. The number of fused-ring (bicyclic) bond motifs is 4. The summed E-state index contributed by atoms with van der Waals surface area (Å²) in [5, 5.41) is 4.91. The number of aromatic nitrogens is 2. The van der Waals surface area contributed by atoms with Gasteiger partial charge in [0.25, 0.3) is 0 Å². The summed E-state index contributed by atoms with van der Waals surface area (Å²) in [5.74, 6) is 0. The maximum atomic E-state index is 3.81. The molecule has 6 rings (SSSR count). The van der Waals surface area contributed by atoms with Crippen LogP contribution >= 0.6 is 11.3 Å². The van der Waals surface area contributed by atoms with Crippen LogP contribution < -0.4 is 0 Å². The van der Waals surface area contributed by atoms with Gasteiger partial charge in [0.1, 0.15) is 0 Å². The Hall–Kier alpha value is -2.82. The van der Waals surface area contributed by atoms with E-state index in [9.17, 15) is 0 Å². The Balaban J connectivity index is 1.56. The monoisotopic (exact) mass is 411 g/mol. The highest BCUT2D eigenvalue weighted by atomic mass is 32.1. The van der Waals surface area contributed by atoms with Crippen LogP contribution in [0.15, 0.2) is 54.0 Å². The molecule has 4 heterocycles. The zero-order valence-corrected chi connectivity index (χ0v) is 18.4. The van der Waals surface area contributed by atoms with Gasteiger partial charge in [-0.2, -0.15) is 0 Å². The van der Waals surface area contributed by atoms with Crippen molar-refractivity contribution in [1.82, 2.24) is 14.5 Å². The Morgan fingerprint density at radius 3 is 2.80 bits per heavy atom. The third-order valence-electron chi connectivity index (χ3n) is 6.52. The van der Waals surface area contributed by atoms with Crippen molar-refractivity contribution in [2.24, 2.45) is 7.05 Å². The molecule has 0 amide bonds. The second-order valence-electron chi connectivity index (χ2n) is 8.67. The molecule has 0 aliphatic carbocycles. The third kappa shape index (κ3) is 2.68. The number of H-pyrrole nitrogens is 1. The number of nitrogens with zero attached hydrogens (tertiary/aromatic N) is 2. The molecule has 3 nitrogen and oxygen atoms in total. The number of rotatable bonds is 2. The van der Waals surface area contributed by atoms with Gasteiger partial charge in [0.05, 0.1) is 5.52 Å². The van der Waals surface area contributed by atoms with Gasteiger partial charge in [-0.1, -0.05) is 6.07 Å². The highest BCUT2D eigenvalue weighted by Crippen LogP contribution is 2.42. The van der Waals surface area contributed by atoms with Crippen LogP contribution in [0.1, 0.15) is 16.8 Å². The summed E-state index contributed by atoms with van der Waals surface area (Å²) in [7, 11) is 4.32. The summed E-state index contributed by atoms with van der Waals surface area (Å²) < 4.78 is 2.18. The van der Waals surface area contributed by atoms with Crippen molar-refractivity contribution in [3.8, 4) is 21.6 Å². The molecule has 3 aromatic heterocycles. The summed E-state index contributed by atoms with van der Waals surface area (Å²) in [6.45, 7) is 4.37. The van der Waals surface area contributed by atoms with E-state index in [4.69, 9.17) is 0 Å². The first-order chi connectivity index (χ1) is 14.6. The summed E-state index contributed by atoms with van der Waals surface area (Å²) in [4.78, 5) is 7.57. The lowest BCUT2D eigenvalue weighted by Gasteiger charge is -2.22. The maximum Gasteiger partial charge on any atom is 0.0539 e. The fourth-order valence-electron chi connectivity index (χ4n) is 4.97. The molecule has 0 spiro atoms. The Morgan fingerprint density at radius 1 is 1.00 bits per heavy atom. The van der Waals surface area contributed by atoms with Gasteiger partial charge in [-0.05, 0) is 72.4 Å². The molecular weight excluding hydrogens is 386 g/mol. The van der Waals surface area contributed by atoms with Gasteiger partial charge in [0, 0.05) is 70.7 Å². The van der Waals surface area contributed by atoms with E-state index in [0.717, 1.165) is 19.5 Å². The Morgan fingerprint density at radius 2 is 1.90 bits per heavy atom. The van der Waals surface area contributed by atoms with Crippen molar-refractivity contribution < 1.29 is 0 Å². The second-order valence-corrected chi connectivity index (χ2v) is 9.58. The van der Waals surface area contributed by atoms with Crippen LogP contribution in [-0.4, -0.2) is 28.0 Å². The molecule has 0 atom stereocenters. The molecule has 1 aliphatic heterocycles. The fourth-order valence-corrected chi connectivity index (χ4v) is 5.88. The van der Waals surface area contributed by atoms with Crippen molar-refractivity contribution in [2.45, 2.75) is 19.9 Å². The number of likely N-dealkylation sites (N-methyl/N-ethyl adjacent to an activating group) is 1. The minimum Gasteiger partial charge on any atom is -0.358 e. The molecule has 150 valence electrons. The number of hydrogen-bond acceptors (Lipinski definition) is 2. The number of aromatic amines is 1. The molecule has 0 saturated heterocycles. The molecule has 30 heavy (non-hydrogen) atoms. The molecule has 5 aromatic rings. The average molecular weight is 412 g/mol. The van der Waals surface area contributed by atoms with Crippen molar-refractivity contribution in [1.29, 1.82) is 0 Å². The van der Waals surface area contributed by atoms with Crippen molar-refractivity contribution in [3.05, 3.63) is 70.9 Å². The van der Waals surface area contributed by atoms with E-state index < -0.39 is 0 Å². The molecule has 0 saturated carbocycles. The minimum absolute atomic E-state index is 1.03. The number of nitrogens with one attached hydrogen (secondary N) is 1. The normalized spacial score (nSPS) is 14.6. The van der Waals surface area contributed by atoms with E-state index in [-0.39, 0.29) is 0 Å². The van der Waals surface area contributed by atoms with E-state index in [1.165, 1.54) is 60.2 Å². The summed E-state index contributed by atoms with van der Waals surface area (Å²) in [6, 6.07) is 16.0. The lowest BCUT2D eigenvalue weighted by atomic mass is 9.96. The molecule has 0 radical (unpaired) electrons. The van der Waals surface area contributed by atoms with Gasteiger partial charge in [0.15, 0.2) is 0 Å². The Labute approximate surface area is 180 Å². The Bertz CT molecular complexity index is 1420. The lowest BCUT2D eigenvalue weighted by molar-refractivity contribution is 0.313. The fraction of sp³-hybridized carbons (Fsp3) is 0.231. The quantitative estimate of drug-likeness (QED) is 0.359. The van der Waals surface area contributed by atoms with E-state index in [0.29, 0.717) is 0 Å². The van der Waals surface area contributed by atoms with Gasteiger partial charge < -0.3 is 14.5 Å². The van der Waals surface area contributed by atoms with Crippen LogP contribution in [0.2, 0.25) is 0 Å². The summed E-state index contributed by atoms with van der Waals surface area (Å²) in [5.41, 5.74) is 10.7. The summed E-state index contributed by atoms with van der Waals surface area (Å²) >= 11 is 1.83. The average Bonchev–Trinajstić information content (AvgIpc) is 3.45. The van der Waals surface area contributed by atoms with Crippen molar-refractivity contribution >= 4 is 33.1 Å². The smallest absolute Gasteiger partial charge is 0.0539 e. The largest absolute Gasteiger partial charge is 0.358 e. The first kappa shape index (κ1) is 18.0. The Kier molecular flexibility index (Phi) is 3.95. The van der Waals surface area contributed by atoms with E-state index in [2.05, 4.69) is 89.5 Å². The summed E-state index contributed by atoms with van der Waals surface area (Å²) in [6.07, 6.45) is 3.23. The van der Waals surface area contributed by atoms with Crippen molar-refractivity contribution in [3.63, 3.8) is 0 Å². The van der Waals surface area contributed by atoms with Crippen LogP contribution in [0.5, 0.6) is 0 Å². The number of thiophene rings is 1. The highest BCUT2D eigenvalue weighted by Gasteiger charge is 2.22. The van der Waals surface area contributed by atoms with Gasteiger partial charge >= 0.3 is 0 Å². The molecule has 0 fully saturated rings. The van der Waals surface area contributed by atoms with Gasteiger partial charge in [-0.15, -0.1) is 11.3 Å². The third-order valence-corrected chi connectivity index (χ3v) is 7.49. The van der Waals surface area contributed by atoms with Crippen molar-refractivity contribution in [2.75, 3.05) is 13.6 Å². The van der Waals surface area contributed by atoms with E-state index in [1.54, 1.807) is 0 Å². The first-order valence-electron chi connectivity index (χ1n) is 10.5. The highest BCUT2D eigenvalue weighted by molar-refractivity contribution is 7.14. The second kappa shape index (κ2) is 6.59. The number of hydrogen-bond donors (Lipinski definition) is 1. The zero-order valence-electron chi connectivity index (χ0n) is 17.6. The van der Waals surface area contributed by atoms with Gasteiger partial charge in [0.2, 0.25) is 0 Å². The first-order valence-corrected chi connectivity index (χ1v) is 11.4. The van der Waals surface area contributed by atoms with Crippen LogP contribution in [0, 0.1) is 6.92 Å². The van der Waals surface area contributed by atoms with Crippen LogP contribution in [0.3, 0.4) is 0 Å². The molecule has 1 aliphatic rings. The van der Waals surface area contributed by atoms with Gasteiger partial charge in [-0.25, -0.2) is 0 Å². The van der Waals surface area contributed by atoms with E-state index in [1.807, 2.05) is 11.3 Å². The SMILES string of the molecule is Cc1cc(-c2ccsc2-c2ccc3c(ccn3C)c2)c2[nH]c3c(c2c1)CN(C)CC3. The lowest BCUT2D eigenvalue weighted by Crippen LogP contribution is -2.25. The van der Waals surface area contributed by atoms with Crippen LogP contribution in [-0.2, 0) is 20.0 Å². The minimum atomic E-state index is 1.03. The molecular formula is C26H25N3S. The topological polar surface area (TPSA) is 24.0 Å². The predicted molar refractivity (Wildman–Crippen MR) is 128 cm³/mol. The molecule has 2 aromatic carbocycles. The van der Waals surface area contributed by atoms with E-state index >= 15 is 0 Å². The molecule has 0 unspecified atom stereocenters. The standard InChI is InChI=1S/C26H25N3S/c1-16-12-20(25-21(13-16)22-15-28(2)9-7-23(22)27-25)19-8-11-30-26(19)18-4-5-24-17(14-18)6-10-29(24)3/h4-6,8,10-14,27H,7,9,15H2,1-3H3. The maximum absolute atomic E-state index is 3.81. The predicted octanol–water partition coefficient (Wildman–Crippen LogP) is 6.35. The molecule has 4 heteroatoms. The zero-order chi connectivity index (χ0) is 20.4. The molecule has 1 N–H and O–H groups in total. The van der Waals surface area contributed by atoms with Gasteiger partial charge in [-0.3, -0.25) is 0 Å². The van der Waals surface area contributed by atoms with Crippen LogP contribution in [0.25, 0.3) is 43.4 Å². The van der Waals surface area contributed by atoms with Crippen LogP contribution in [0.4, 0.5) is 0 Å².